The Kier molecular flexibility index (Phi) is 2.93. The number of imidazole rings is 1. The van der Waals surface area contributed by atoms with Crippen molar-refractivity contribution in [1.29, 1.82) is 0 Å². The normalized spacial score (nSPS) is 18.6. The second-order valence-electron chi connectivity index (χ2n) is 5.56. The minimum Gasteiger partial charge on any atom is -0.300 e. The van der Waals surface area contributed by atoms with Gasteiger partial charge in [0.25, 0.3) is 0 Å². The molecule has 2 aromatic heterocycles. The molecular formula is C13H15ClN4O2. The zero-order chi connectivity index (χ0) is 14.5. The minimum absolute atomic E-state index is 0.118. The summed E-state index contributed by atoms with van der Waals surface area (Å²) in [6.07, 6.45) is 3.84. The van der Waals surface area contributed by atoms with E-state index in [0.29, 0.717) is 36.8 Å². The molecule has 0 saturated heterocycles. The van der Waals surface area contributed by atoms with Crippen LogP contribution in [0, 0.1) is 0 Å². The monoisotopic (exact) mass is 294 g/mol. The van der Waals surface area contributed by atoms with E-state index in [9.17, 15) is 9.59 Å². The summed E-state index contributed by atoms with van der Waals surface area (Å²) in [5, 5.41) is 0.118. The van der Waals surface area contributed by atoms with Crippen LogP contribution >= 0.6 is 11.6 Å². The number of ketones is 1. The summed E-state index contributed by atoms with van der Waals surface area (Å²) in [6, 6.07) is 0. The fourth-order valence-electron chi connectivity index (χ4n) is 2.87. The van der Waals surface area contributed by atoms with Crippen LogP contribution in [-0.2, 0) is 17.4 Å². The lowest BCUT2D eigenvalue weighted by molar-refractivity contribution is -0.121. The molecule has 7 heteroatoms. The maximum Gasteiger partial charge on any atom is 0.330 e. The Bertz CT molecular complexity index is 752. The van der Waals surface area contributed by atoms with Gasteiger partial charge >= 0.3 is 5.69 Å². The van der Waals surface area contributed by atoms with Crippen LogP contribution < -0.4 is 5.69 Å². The number of aryl methyl sites for hydroxylation is 1. The van der Waals surface area contributed by atoms with E-state index in [2.05, 4.69) is 9.97 Å². The molecule has 0 atom stereocenters. The molecule has 1 aliphatic carbocycles. The van der Waals surface area contributed by atoms with Crippen LogP contribution in [-0.4, -0.2) is 24.9 Å². The number of hydrogen-bond acceptors (Lipinski definition) is 4. The molecule has 0 N–H and O–H groups in total. The van der Waals surface area contributed by atoms with Crippen molar-refractivity contribution in [3.63, 3.8) is 0 Å². The second kappa shape index (κ2) is 4.41. The molecule has 0 aromatic carbocycles. The molecule has 0 spiro atoms. The van der Waals surface area contributed by atoms with Crippen molar-refractivity contribution in [2.75, 3.05) is 0 Å². The van der Waals surface area contributed by atoms with Gasteiger partial charge in [0.05, 0.1) is 6.20 Å². The number of aromatic nitrogens is 4. The first-order valence-electron chi connectivity index (χ1n) is 6.54. The van der Waals surface area contributed by atoms with Crippen molar-refractivity contribution < 1.29 is 4.79 Å². The molecule has 1 saturated carbocycles. The van der Waals surface area contributed by atoms with E-state index in [4.69, 9.17) is 11.6 Å². The van der Waals surface area contributed by atoms with Gasteiger partial charge < -0.3 is 0 Å². The van der Waals surface area contributed by atoms with Gasteiger partial charge in [-0.3, -0.25) is 13.9 Å². The fraction of sp³-hybridized carbons (Fsp3) is 0.538. The Labute approximate surface area is 120 Å². The SMILES string of the molecule is Cn1c(=O)n(C2(C)CCC(=O)CC2)c2nc(Cl)ncc21. The highest BCUT2D eigenvalue weighted by Crippen LogP contribution is 2.34. The molecule has 0 radical (unpaired) electrons. The third kappa shape index (κ3) is 1.86. The molecule has 6 nitrogen and oxygen atoms in total. The van der Waals surface area contributed by atoms with E-state index in [1.54, 1.807) is 17.8 Å². The van der Waals surface area contributed by atoms with Crippen LogP contribution in [0.1, 0.15) is 32.6 Å². The van der Waals surface area contributed by atoms with Crippen LogP contribution in [0.4, 0.5) is 0 Å². The number of fused-ring (bicyclic) bond motifs is 1. The maximum atomic E-state index is 12.5. The van der Waals surface area contributed by atoms with Crippen molar-refractivity contribution in [2.24, 2.45) is 7.05 Å². The smallest absolute Gasteiger partial charge is 0.300 e. The Morgan fingerprint density at radius 1 is 1.30 bits per heavy atom. The highest BCUT2D eigenvalue weighted by atomic mass is 35.5. The molecule has 1 aliphatic rings. The van der Waals surface area contributed by atoms with Crippen LogP contribution in [0.5, 0.6) is 0 Å². The summed E-state index contributed by atoms with van der Waals surface area (Å²) in [4.78, 5) is 32.1. The van der Waals surface area contributed by atoms with E-state index >= 15 is 0 Å². The van der Waals surface area contributed by atoms with E-state index in [1.165, 1.54) is 4.57 Å². The first-order valence-corrected chi connectivity index (χ1v) is 6.92. The van der Waals surface area contributed by atoms with Crippen molar-refractivity contribution in [3.8, 4) is 0 Å². The molecule has 1 fully saturated rings. The summed E-state index contributed by atoms with van der Waals surface area (Å²) in [5.41, 5.74) is 0.641. The Morgan fingerprint density at radius 3 is 2.60 bits per heavy atom. The summed E-state index contributed by atoms with van der Waals surface area (Å²) in [7, 11) is 1.69. The molecule has 20 heavy (non-hydrogen) atoms. The van der Waals surface area contributed by atoms with Crippen LogP contribution in [0.2, 0.25) is 5.28 Å². The number of carbonyl (C=O) groups is 1. The van der Waals surface area contributed by atoms with E-state index < -0.39 is 5.54 Å². The summed E-state index contributed by atoms with van der Waals surface area (Å²) >= 11 is 5.86. The van der Waals surface area contributed by atoms with Gasteiger partial charge in [0.1, 0.15) is 11.3 Å². The van der Waals surface area contributed by atoms with Crippen LogP contribution in [0.3, 0.4) is 0 Å². The third-order valence-corrected chi connectivity index (χ3v) is 4.38. The molecule has 0 unspecified atom stereocenters. The molecule has 0 amide bonds. The van der Waals surface area contributed by atoms with Gasteiger partial charge in [0.15, 0.2) is 5.65 Å². The number of hydrogen-bond donors (Lipinski definition) is 0. The zero-order valence-corrected chi connectivity index (χ0v) is 12.1. The third-order valence-electron chi connectivity index (χ3n) is 4.20. The van der Waals surface area contributed by atoms with Gasteiger partial charge in [-0.2, -0.15) is 4.98 Å². The van der Waals surface area contributed by atoms with Crippen molar-refractivity contribution in [3.05, 3.63) is 22.0 Å². The number of carbonyl (C=O) groups excluding carboxylic acids is 1. The lowest BCUT2D eigenvalue weighted by Crippen LogP contribution is -2.41. The van der Waals surface area contributed by atoms with Crippen molar-refractivity contribution >= 4 is 28.5 Å². The van der Waals surface area contributed by atoms with Gasteiger partial charge in [-0.05, 0) is 31.4 Å². The highest BCUT2D eigenvalue weighted by molar-refractivity contribution is 6.28. The highest BCUT2D eigenvalue weighted by Gasteiger charge is 2.35. The minimum atomic E-state index is -0.401. The molecule has 0 aliphatic heterocycles. The van der Waals surface area contributed by atoms with Gasteiger partial charge in [0, 0.05) is 25.4 Å². The summed E-state index contributed by atoms with van der Waals surface area (Å²) in [6.45, 7) is 2.00. The van der Waals surface area contributed by atoms with Crippen molar-refractivity contribution in [1.82, 2.24) is 19.1 Å². The standard InChI is InChI=1S/C13H15ClN4O2/c1-13(5-3-8(19)4-6-13)18-10-9(17(2)12(18)20)7-15-11(14)16-10/h7H,3-6H2,1-2H3. The Balaban J connectivity index is 2.25. The van der Waals surface area contributed by atoms with Gasteiger partial charge in [-0.15, -0.1) is 0 Å². The lowest BCUT2D eigenvalue weighted by Gasteiger charge is -2.33. The topological polar surface area (TPSA) is 69.8 Å². The predicted molar refractivity (Wildman–Crippen MR) is 74.9 cm³/mol. The molecule has 2 aromatic rings. The number of Topliss-reactive ketones (excluding diaryl/α,β-unsaturated/α-hetero) is 1. The van der Waals surface area contributed by atoms with Gasteiger partial charge in [0.2, 0.25) is 5.28 Å². The Hall–Kier alpha value is -1.69. The molecule has 106 valence electrons. The van der Waals surface area contributed by atoms with E-state index in [0.717, 1.165) is 0 Å². The van der Waals surface area contributed by atoms with Gasteiger partial charge in [-0.25, -0.2) is 9.78 Å². The quantitative estimate of drug-likeness (QED) is 0.750. The molecular weight excluding hydrogens is 280 g/mol. The Morgan fingerprint density at radius 2 is 1.95 bits per heavy atom. The van der Waals surface area contributed by atoms with E-state index in [-0.39, 0.29) is 16.8 Å². The van der Waals surface area contributed by atoms with Crippen LogP contribution in [0.25, 0.3) is 11.2 Å². The molecule has 3 rings (SSSR count). The number of nitrogens with zero attached hydrogens (tertiary/aromatic N) is 4. The summed E-state index contributed by atoms with van der Waals surface area (Å²) in [5.74, 6) is 0.253. The summed E-state index contributed by atoms with van der Waals surface area (Å²) < 4.78 is 3.19. The lowest BCUT2D eigenvalue weighted by atomic mass is 9.82. The molecule has 2 heterocycles. The predicted octanol–water partition coefficient (Wildman–Crippen LogP) is 1.64. The first-order chi connectivity index (χ1) is 9.42. The first kappa shape index (κ1) is 13.3. The largest absolute Gasteiger partial charge is 0.330 e. The average molecular weight is 295 g/mol. The molecule has 0 bridgehead atoms. The van der Waals surface area contributed by atoms with Crippen molar-refractivity contribution in [2.45, 2.75) is 38.1 Å². The second-order valence-corrected chi connectivity index (χ2v) is 5.90. The zero-order valence-electron chi connectivity index (χ0n) is 11.4. The van der Waals surface area contributed by atoms with Gasteiger partial charge in [-0.1, -0.05) is 0 Å². The average Bonchev–Trinajstić information content (AvgIpc) is 2.66. The fourth-order valence-corrected chi connectivity index (χ4v) is 3.00. The van der Waals surface area contributed by atoms with E-state index in [1.807, 2.05) is 6.92 Å². The van der Waals surface area contributed by atoms with Crippen LogP contribution in [0.15, 0.2) is 11.0 Å². The maximum absolute atomic E-state index is 12.5. The number of rotatable bonds is 1. The number of halogens is 1.